The Morgan fingerprint density at radius 1 is 1.06 bits per heavy atom. The molecule has 0 spiro atoms. The Kier molecular flexibility index (Phi) is 4.22. The minimum absolute atomic E-state index is 0.578. The molecule has 0 fully saturated rings. The SMILES string of the molecule is Cc1cc(Oc2ccc(Br)cc2Br)ncc1Br. The van der Waals surface area contributed by atoms with Crippen molar-refractivity contribution in [2.75, 3.05) is 0 Å². The topological polar surface area (TPSA) is 22.1 Å². The second kappa shape index (κ2) is 5.50. The van der Waals surface area contributed by atoms with Gasteiger partial charge in [-0.1, -0.05) is 15.9 Å². The lowest BCUT2D eigenvalue weighted by molar-refractivity contribution is 0.459. The molecule has 0 N–H and O–H groups in total. The van der Waals surface area contributed by atoms with E-state index in [1.165, 1.54) is 0 Å². The van der Waals surface area contributed by atoms with E-state index in [1.54, 1.807) is 6.20 Å². The summed E-state index contributed by atoms with van der Waals surface area (Å²) in [6.07, 6.45) is 1.73. The Morgan fingerprint density at radius 2 is 1.82 bits per heavy atom. The van der Waals surface area contributed by atoms with Crippen LogP contribution in [0.4, 0.5) is 0 Å². The fraction of sp³-hybridized carbons (Fsp3) is 0.0833. The molecule has 88 valence electrons. The maximum absolute atomic E-state index is 5.70. The molecule has 2 nitrogen and oxygen atoms in total. The number of halogens is 3. The summed E-state index contributed by atoms with van der Waals surface area (Å²) < 4.78 is 8.55. The molecule has 0 saturated heterocycles. The Hall–Kier alpha value is -0.390. The Balaban J connectivity index is 2.28. The molecule has 1 aromatic carbocycles. The van der Waals surface area contributed by atoms with Crippen molar-refractivity contribution in [2.45, 2.75) is 6.92 Å². The van der Waals surface area contributed by atoms with Crippen LogP contribution in [-0.4, -0.2) is 4.98 Å². The molecule has 0 aliphatic carbocycles. The molecule has 0 amide bonds. The first kappa shape index (κ1) is 13.1. The highest BCUT2D eigenvalue weighted by atomic mass is 79.9. The summed E-state index contributed by atoms with van der Waals surface area (Å²) in [5, 5.41) is 0. The normalized spacial score (nSPS) is 10.4. The molecule has 2 rings (SSSR count). The van der Waals surface area contributed by atoms with Gasteiger partial charge in [0.1, 0.15) is 5.75 Å². The van der Waals surface area contributed by atoms with Gasteiger partial charge in [0.15, 0.2) is 0 Å². The molecular formula is C12H8Br3NO. The molecular weight excluding hydrogens is 414 g/mol. The summed E-state index contributed by atoms with van der Waals surface area (Å²) in [5.41, 5.74) is 1.09. The average Bonchev–Trinajstić information content (AvgIpc) is 2.27. The minimum Gasteiger partial charge on any atom is -0.438 e. The number of nitrogens with zero attached hydrogens (tertiary/aromatic N) is 1. The van der Waals surface area contributed by atoms with E-state index in [4.69, 9.17) is 4.74 Å². The van der Waals surface area contributed by atoms with Gasteiger partial charge in [0, 0.05) is 21.2 Å². The maximum atomic E-state index is 5.70. The quantitative estimate of drug-likeness (QED) is 0.641. The molecule has 1 aromatic heterocycles. The highest BCUT2D eigenvalue weighted by molar-refractivity contribution is 9.11. The molecule has 0 bridgehead atoms. The first-order valence-corrected chi connectivity index (χ1v) is 7.19. The van der Waals surface area contributed by atoms with E-state index in [0.29, 0.717) is 5.88 Å². The van der Waals surface area contributed by atoms with Crippen LogP contribution in [0.2, 0.25) is 0 Å². The zero-order valence-electron chi connectivity index (χ0n) is 8.88. The summed E-state index contributed by atoms with van der Waals surface area (Å²) in [7, 11) is 0. The Labute approximate surface area is 125 Å². The summed E-state index contributed by atoms with van der Waals surface area (Å²) in [6.45, 7) is 2.00. The molecule has 17 heavy (non-hydrogen) atoms. The molecule has 0 aliphatic heterocycles. The van der Waals surface area contributed by atoms with Crippen LogP contribution in [0.15, 0.2) is 43.9 Å². The van der Waals surface area contributed by atoms with Crippen LogP contribution < -0.4 is 4.74 Å². The third-order valence-electron chi connectivity index (χ3n) is 2.13. The molecule has 1 heterocycles. The molecule has 0 saturated carbocycles. The van der Waals surface area contributed by atoms with Gasteiger partial charge in [-0.2, -0.15) is 0 Å². The number of benzene rings is 1. The zero-order chi connectivity index (χ0) is 12.4. The molecule has 5 heteroatoms. The molecule has 2 aromatic rings. The first-order valence-electron chi connectivity index (χ1n) is 4.81. The van der Waals surface area contributed by atoms with E-state index < -0.39 is 0 Å². The largest absolute Gasteiger partial charge is 0.438 e. The summed E-state index contributed by atoms with van der Waals surface area (Å²) >= 11 is 10.2. The van der Waals surface area contributed by atoms with Crippen LogP contribution in [0, 0.1) is 6.92 Å². The van der Waals surface area contributed by atoms with Gasteiger partial charge in [-0.3, -0.25) is 0 Å². The monoisotopic (exact) mass is 419 g/mol. The Bertz CT molecular complexity index is 557. The van der Waals surface area contributed by atoms with Crippen molar-refractivity contribution in [3.63, 3.8) is 0 Å². The van der Waals surface area contributed by atoms with E-state index in [1.807, 2.05) is 31.2 Å². The number of ether oxygens (including phenoxy) is 1. The van der Waals surface area contributed by atoms with Crippen molar-refractivity contribution in [3.8, 4) is 11.6 Å². The van der Waals surface area contributed by atoms with E-state index >= 15 is 0 Å². The van der Waals surface area contributed by atoms with Gasteiger partial charge < -0.3 is 4.74 Å². The van der Waals surface area contributed by atoms with E-state index in [9.17, 15) is 0 Å². The first-order chi connectivity index (χ1) is 8.06. The number of hydrogen-bond acceptors (Lipinski definition) is 2. The number of rotatable bonds is 2. The fourth-order valence-corrected chi connectivity index (χ4v) is 2.58. The van der Waals surface area contributed by atoms with Gasteiger partial charge in [0.05, 0.1) is 4.47 Å². The van der Waals surface area contributed by atoms with E-state index in [2.05, 4.69) is 52.8 Å². The van der Waals surface area contributed by atoms with Crippen molar-refractivity contribution in [2.24, 2.45) is 0 Å². The van der Waals surface area contributed by atoms with Gasteiger partial charge in [0.25, 0.3) is 0 Å². The van der Waals surface area contributed by atoms with Crippen LogP contribution in [0.1, 0.15) is 5.56 Å². The van der Waals surface area contributed by atoms with E-state index in [0.717, 1.165) is 24.7 Å². The van der Waals surface area contributed by atoms with Crippen LogP contribution in [-0.2, 0) is 0 Å². The van der Waals surface area contributed by atoms with Crippen LogP contribution in [0.5, 0.6) is 11.6 Å². The van der Waals surface area contributed by atoms with Crippen molar-refractivity contribution in [1.29, 1.82) is 0 Å². The van der Waals surface area contributed by atoms with Crippen molar-refractivity contribution < 1.29 is 4.74 Å². The predicted octanol–water partition coefficient (Wildman–Crippen LogP) is 5.47. The Morgan fingerprint density at radius 3 is 2.47 bits per heavy atom. The van der Waals surface area contributed by atoms with Gasteiger partial charge in [-0.25, -0.2) is 4.98 Å². The van der Waals surface area contributed by atoms with Crippen LogP contribution >= 0.6 is 47.8 Å². The summed E-state index contributed by atoms with van der Waals surface area (Å²) in [6, 6.07) is 7.62. The van der Waals surface area contributed by atoms with Gasteiger partial charge in [-0.15, -0.1) is 0 Å². The minimum atomic E-state index is 0.578. The summed E-state index contributed by atoms with van der Waals surface area (Å²) in [4.78, 5) is 4.20. The average molecular weight is 422 g/mol. The van der Waals surface area contributed by atoms with Crippen molar-refractivity contribution in [1.82, 2.24) is 4.98 Å². The lowest BCUT2D eigenvalue weighted by Gasteiger charge is -2.08. The zero-order valence-corrected chi connectivity index (χ0v) is 13.6. The highest BCUT2D eigenvalue weighted by Gasteiger charge is 2.05. The number of aromatic nitrogens is 1. The lowest BCUT2D eigenvalue weighted by Crippen LogP contribution is -1.90. The number of aryl methyl sites for hydroxylation is 1. The second-order valence-corrected chi connectivity index (χ2v) is 6.07. The molecule has 0 radical (unpaired) electrons. The fourth-order valence-electron chi connectivity index (χ4n) is 1.24. The molecule has 0 unspecified atom stereocenters. The van der Waals surface area contributed by atoms with Gasteiger partial charge in [0.2, 0.25) is 5.88 Å². The molecule has 0 atom stereocenters. The third-order valence-corrected chi connectivity index (χ3v) is 4.07. The maximum Gasteiger partial charge on any atom is 0.219 e. The second-order valence-electron chi connectivity index (χ2n) is 3.45. The van der Waals surface area contributed by atoms with Crippen molar-refractivity contribution in [3.05, 3.63) is 49.4 Å². The third kappa shape index (κ3) is 3.30. The summed E-state index contributed by atoms with van der Waals surface area (Å²) in [5.74, 6) is 1.32. The predicted molar refractivity (Wildman–Crippen MR) is 78.6 cm³/mol. The smallest absolute Gasteiger partial charge is 0.219 e. The van der Waals surface area contributed by atoms with Crippen LogP contribution in [0.3, 0.4) is 0 Å². The highest BCUT2D eigenvalue weighted by Crippen LogP contribution is 2.32. The van der Waals surface area contributed by atoms with Gasteiger partial charge >= 0.3 is 0 Å². The van der Waals surface area contributed by atoms with E-state index in [-0.39, 0.29) is 0 Å². The van der Waals surface area contributed by atoms with Crippen LogP contribution in [0.25, 0.3) is 0 Å². The lowest BCUT2D eigenvalue weighted by atomic mass is 10.3. The molecule has 0 aliphatic rings. The number of pyridine rings is 1. The van der Waals surface area contributed by atoms with Gasteiger partial charge in [-0.05, 0) is 62.5 Å². The van der Waals surface area contributed by atoms with Crippen molar-refractivity contribution >= 4 is 47.8 Å². The standard InChI is InChI=1S/C12H8Br3NO/c1-7-4-12(16-6-10(7)15)17-11-3-2-8(13)5-9(11)14/h2-6H,1H3. The number of hydrogen-bond donors (Lipinski definition) is 0.